The van der Waals surface area contributed by atoms with Crippen LogP contribution >= 0.6 is 23.4 Å². The third kappa shape index (κ3) is 3.70. The highest BCUT2D eigenvalue weighted by atomic mass is 35.5. The van der Waals surface area contributed by atoms with E-state index in [0.717, 1.165) is 27.7 Å². The number of nitrogens with zero attached hydrogens (tertiary/aromatic N) is 1. The molecule has 1 amide bonds. The van der Waals surface area contributed by atoms with Gasteiger partial charge in [0.25, 0.3) is 0 Å². The highest BCUT2D eigenvalue weighted by Gasteiger charge is 2.36. The minimum absolute atomic E-state index is 0.0641. The van der Waals surface area contributed by atoms with Gasteiger partial charge in [0, 0.05) is 16.4 Å². The zero-order chi connectivity index (χ0) is 19.7. The van der Waals surface area contributed by atoms with Gasteiger partial charge in [-0.25, -0.2) is 0 Å². The fourth-order valence-electron chi connectivity index (χ4n) is 3.19. The summed E-state index contributed by atoms with van der Waals surface area (Å²) in [5, 5.41) is 4.31. The second-order valence-corrected chi connectivity index (χ2v) is 8.16. The Kier molecular flexibility index (Phi) is 5.24. The largest absolute Gasteiger partial charge is 0.497 e. The zero-order valence-electron chi connectivity index (χ0n) is 15.5. The molecule has 0 radical (unpaired) electrons. The summed E-state index contributed by atoms with van der Waals surface area (Å²) < 4.78 is 7.29. The molecular formula is C21H20ClN3O2S. The number of rotatable bonds is 4. The first kappa shape index (κ1) is 18.8. The molecule has 144 valence electrons. The van der Waals surface area contributed by atoms with Gasteiger partial charge in [-0.05, 0) is 61.0 Å². The Morgan fingerprint density at radius 1 is 1.11 bits per heavy atom. The number of nitrogens with one attached hydrogen (secondary N) is 2. The molecule has 0 saturated carbocycles. The van der Waals surface area contributed by atoms with Gasteiger partial charge in [-0.1, -0.05) is 35.5 Å². The molecular weight excluding hydrogens is 394 g/mol. The lowest BCUT2D eigenvalue weighted by Crippen LogP contribution is -2.41. The predicted octanol–water partition coefficient (Wildman–Crippen LogP) is 4.86. The van der Waals surface area contributed by atoms with Crippen LogP contribution in [-0.2, 0) is 4.79 Å². The number of halogens is 1. The molecule has 2 aromatic carbocycles. The minimum Gasteiger partial charge on any atom is -0.497 e. The molecule has 4 rings (SSSR count). The molecule has 0 saturated heterocycles. The fraction of sp³-hybridized carbons (Fsp3) is 0.190. The summed E-state index contributed by atoms with van der Waals surface area (Å²) in [4.78, 5) is 13.1. The Hall–Kier alpha value is -2.57. The van der Waals surface area contributed by atoms with Crippen molar-refractivity contribution in [2.75, 3.05) is 17.9 Å². The molecule has 2 heterocycles. The summed E-state index contributed by atoms with van der Waals surface area (Å²) in [5.41, 5.74) is 6.33. The molecule has 28 heavy (non-hydrogen) atoms. The van der Waals surface area contributed by atoms with Crippen molar-refractivity contribution in [2.45, 2.75) is 23.2 Å². The van der Waals surface area contributed by atoms with Crippen molar-refractivity contribution < 1.29 is 9.53 Å². The monoisotopic (exact) mass is 413 g/mol. The summed E-state index contributed by atoms with van der Waals surface area (Å²) in [5.74, 6) is 0.720. The van der Waals surface area contributed by atoms with Crippen molar-refractivity contribution in [3.8, 4) is 5.75 Å². The quantitative estimate of drug-likeness (QED) is 0.641. The van der Waals surface area contributed by atoms with Crippen LogP contribution in [0.2, 0.25) is 5.02 Å². The third-order valence-electron chi connectivity index (χ3n) is 4.70. The average molecular weight is 414 g/mol. The van der Waals surface area contributed by atoms with Crippen molar-refractivity contribution in [2.24, 2.45) is 0 Å². The molecule has 0 unspecified atom stereocenters. The van der Waals surface area contributed by atoms with Gasteiger partial charge in [-0.15, -0.1) is 0 Å². The van der Waals surface area contributed by atoms with Crippen LogP contribution in [0, 0.1) is 6.92 Å². The van der Waals surface area contributed by atoms with E-state index in [0.29, 0.717) is 5.02 Å². The first-order valence-electron chi connectivity index (χ1n) is 8.87. The number of anilines is 1. The van der Waals surface area contributed by atoms with Crippen LogP contribution in [0.25, 0.3) is 0 Å². The lowest BCUT2D eigenvalue weighted by Gasteiger charge is -2.34. The fourth-order valence-corrected chi connectivity index (χ4v) is 4.54. The molecule has 2 atom stereocenters. The van der Waals surface area contributed by atoms with Crippen LogP contribution in [0.3, 0.4) is 0 Å². The summed E-state index contributed by atoms with van der Waals surface area (Å²) >= 11 is 7.50. The standard InChI is InChI=1S/C21H20ClN3O2S/c1-13-3-12-18-25(13)24-19(14-4-10-17(27-2)11-5-14)20(28-18)21(26)23-16-8-6-15(22)7-9-16/h3-12,19-20,24H,1-2H3,(H,23,26)/t19-,20-/m0/s1. The van der Waals surface area contributed by atoms with Crippen molar-refractivity contribution in [1.82, 2.24) is 4.68 Å². The van der Waals surface area contributed by atoms with Gasteiger partial charge in [0.15, 0.2) is 0 Å². The van der Waals surface area contributed by atoms with Crippen LogP contribution < -0.4 is 15.5 Å². The van der Waals surface area contributed by atoms with Gasteiger partial charge >= 0.3 is 0 Å². The van der Waals surface area contributed by atoms with E-state index < -0.39 is 0 Å². The summed E-state index contributed by atoms with van der Waals surface area (Å²) in [7, 11) is 1.64. The summed E-state index contributed by atoms with van der Waals surface area (Å²) in [6.45, 7) is 2.04. The maximum atomic E-state index is 13.1. The second-order valence-electron chi connectivity index (χ2n) is 6.56. The molecule has 3 aromatic rings. The lowest BCUT2D eigenvalue weighted by molar-refractivity contribution is -0.116. The Bertz CT molecular complexity index is 986. The van der Waals surface area contributed by atoms with E-state index in [1.54, 1.807) is 43.1 Å². The second kappa shape index (κ2) is 7.81. The Morgan fingerprint density at radius 3 is 2.50 bits per heavy atom. The molecule has 0 bridgehead atoms. The van der Waals surface area contributed by atoms with Crippen molar-refractivity contribution in [1.29, 1.82) is 0 Å². The number of aromatic nitrogens is 1. The number of thioether (sulfide) groups is 1. The maximum absolute atomic E-state index is 13.1. The number of amides is 1. The lowest BCUT2D eigenvalue weighted by atomic mass is 10.0. The van der Waals surface area contributed by atoms with Gasteiger partial charge in [0.2, 0.25) is 5.91 Å². The highest BCUT2D eigenvalue weighted by molar-refractivity contribution is 8.00. The Labute approximate surface area is 173 Å². The van der Waals surface area contributed by atoms with Gasteiger partial charge < -0.3 is 15.5 Å². The molecule has 0 fully saturated rings. The van der Waals surface area contributed by atoms with E-state index in [9.17, 15) is 4.79 Å². The number of hydrogen-bond donors (Lipinski definition) is 2. The van der Waals surface area contributed by atoms with E-state index in [2.05, 4.69) is 10.7 Å². The number of benzene rings is 2. The van der Waals surface area contributed by atoms with Crippen molar-refractivity contribution in [3.05, 3.63) is 76.9 Å². The van der Waals surface area contributed by atoms with Crippen molar-refractivity contribution >= 4 is 35.0 Å². The number of aryl methyl sites for hydroxylation is 1. The van der Waals surface area contributed by atoms with E-state index in [-0.39, 0.29) is 17.2 Å². The summed E-state index contributed by atoms with van der Waals surface area (Å²) in [6, 6.07) is 18.8. The molecule has 1 aliphatic rings. The van der Waals surface area contributed by atoms with Gasteiger partial charge in [0.05, 0.1) is 18.2 Å². The van der Waals surface area contributed by atoms with Crippen molar-refractivity contribution in [3.63, 3.8) is 0 Å². The van der Waals surface area contributed by atoms with E-state index in [1.165, 1.54) is 0 Å². The van der Waals surface area contributed by atoms with Gasteiger partial charge in [-0.3, -0.25) is 9.47 Å². The first-order chi connectivity index (χ1) is 13.5. The SMILES string of the molecule is COc1ccc([C@@H]2Nn3c(C)ccc3S[C@@H]2C(=O)Nc2ccc(Cl)cc2)cc1. The predicted molar refractivity (Wildman–Crippen MR) is 114 cm³/mol. The van der Waals surface area contributed by atoms with E-state index >= 15 is 0 Å². The number of carbonyl (C=O) groups excluding carboxylic acids is 1. The normalized spacial score (nSPS) is 18.1. The molecule has 5 nitrogen and oxygen atoms in total. The third-order valence-corrected chi connectivity index (χ3v) is 6.26. The zero-order valence-corrected chi connectivity index (χ0v) is 17.1. The van der Waals surface area contributed by atoms with Crippen LogP contribution in [0.1, 0.15) is 17.3 Å². The van der Waals surface area contributed by atoms with Crippen LogP contribution in [-0.4, -0.2) is 22.9 Å². The number of methoxy groups -OCH3 is 1. The maximum Gasteiger partial charge on any atom is 0.240 e. The van der Waals surface area contributed by atoms with Crippen LogP contribution in [0.5, 0.6) is 5.75 Å². The topological polar surface area (TPSA) is 55.3 Å². The Balaban J connectivity index is 1.64. The first-order valence-corrected chi connectivity index (χ1v) is 10.1. The number of carbonyl (C=O) groups is 1. The molecule has 1 aliphatic heterocycles. The van der Waals surface area contributed by atoms with Crippen LogP contribution in [0.15, 0.2) is 65.7 Å². The van der Waals surface area contributed by atoms with Gasteiger partial charge in [0.1, 0.15) is 11.0 Å². The summed E-state index contributed by atoms with van der Waals surface area (Å²) in [6.07, 6.45) is 0. The van der Waals surface area contributed by atoms with E-state index in [4.69, 9.17) is 16.3 Å². The van der Waals surface area contributed by atoms with Crippen LogP contribution in [0.4, 0.5) is 5.69 Å². The average Bonchev–Trinajstić information content (AvgIpc) is 3.09. The number of fused-ring (bicyclic) bond motifs is 1. The highest BCUT2D eigenvalue weighted by Crippen LogP contribution is 2.39. The number of ether oxygens (including phenoxy) is 1. The molecule has 2 N–H and O–H groups in total. The van der Waals surface area contributed by atoms with E-state index in [1.807, 2.05) is 48.0 Å². The molecule has 1 aromatic heterocycles. The van der Waals surface area contributed by atoms with Gasteiger partial charge in [-0.2, -0.15) is 0 Å². The molecule has 0 aliphatic carbocycles. The smallest absolute Gasteiger partial charge is 0.240 e. The molecule has 7 heteroatoms. The minimum atomic E-state index is -0.342. The Morgan fingerprint density at radius 2 is 1.82 bits per heavy atom. The number of hydrogen-bond acceptors (Lipinski definition) is 4. The molecule has 0 spiro atoms.